The molecule has 2 N–H and O–H groups in total. The summed E-state index contributed by atoms with van der Waals surface area (Å²) in [6.07, 6.45) is 1.78. The fourth-order valence-corrected chi connectivity index (χ4v) is 4.52. The van der Waals surface area contributed by atoms with Gasteiger partial charge in [-0.1, -0.05) is 42.5 Å². The molecule has 1 aliphatic heterocycles. The van der Waals surface area contributed by atoms with Gasteiger partial charge in [0.25, 0.3) is 0 Å². The third-order valence-corrected chi connectivity index (χ3v) is 5.88. The molecule has 1 amide bonds. The molecule has 0 spiro atoms. The average molecular weight is 438 g/mol. The Kier molecular flexibility index (Phi) is 8.34. The second kappa shape index (κ2) is 10.3. The lowest BCUT2D eigenvalue weighted by Gasteiger charge is -2.43. The first-order valence-electron chi connectivity index (χ1n) is 9.70. The monoisotopic (exact) mass is 437 g/mol. The number of piperazine rings is 1. The fourth-order valence-electron chi connectivity index (χ4n) is 4.52. The topological polar surface area (TPSA) is 53.6 Å². The number of ether oxygens (including phenoxy) is 1. The van der Waals surface area contributed by atoms with Gasteiger partial charge in [0.05, 0.1) is 7.11 Å². The number of halogens is 2. The summed E-state index contributed by atoms with van der Waals surface area (Å²) >= 11 is 0. The van der Waals surface area contributed by atoms with Gasteiger partial charge in [0, 0.05) is 38.3 Å². The van der Waals surface area contributed by atoms with Crippen molar-refractivity contribution in [3.8, 4) is 5.75 Å². The third-order valence-electron chi connectivity index (χ3n) is 5.88. The van der Waals surface area contributed by atoms with Gasteiger partial charge in [-0.05, 0) is 30.0 Å². The normalized spacial score (nSPS) is 20.7. The summed E-state index contributed by atoms with van der Waals surface area (Å²) in [5, 5.41) is 6.61. The van der Waals surface area contributed by atoms with Crippen LogP contribution in [0.25, 0.3) is 0 Å². The highest BCUT2D eigenvalue weighted by Crippen LogP contribution is 2.42. The second-order valence-electron chi connectivity index (χ2n) is 7.25. The molecule has 1 saturated heterocycles. The average Bonchev–Trinajstić information content (AvgIpc) is 3.13. The minimum Gasteiger partial charge on any atom is -0.496 e. The Balaban J connectivity index is 0.00000150. The first-order valence-corrected chi connectivity index (χ1v) is 9.70. The van der Waals surface area contributed by atoms with Crippen LogP contribution in [0.1, 0.15) is 23.1 Å². The molecule has 2 aromatic rings. The Hall–Kier alpha value is -1.79. The molecule has 0 bridgehead atoms. The van der Waals surface area contributed by atoms with E-state index >= 15 is 0 Å². The van der Waals surface area contributed by atoms with Gasteiger partial charge in [0.1, 0.15) is 11.3 Å². The molecule has 1 fully saturated rings. The van der Waals surface area contributed by atoms with Gasteiger partial charge in [0.2, 0.25) is 5.91 Å². The van der Waals surface area contributed by atoms with Gasteiger partial charge < -0.3 is 15.4 Å². The molecule has 0 radical (unpaired) electrons. The van der Waals surface area contributed by atoms with E-state index in [1.807, 2.05) is 24.3 Å². The number of rotatable bonds is 5. The van der Waals surface area contributed by atoms with Crippen LogP contribution in [0, 0.1) is 0 Å². The standard InChI is InChI=1S/C22H27N3O2.2ClH/c1-27-20-9-5-3-7-18(20)16-24-21(26)22(25-14-12-23-13-15-25)11-10-17-6-2-4-8-19(17)22;;/h2-9,23H,10-16H2,1H3,(H,24,26);2*1H. The highest BCUT2D eigenvalue weighted by atomic mass is 35.5. The summed E-state index contributed by atoms with van der Waals surface area (Å²) in [4.78, 5) is 16.0. The van der Waals surface area contributed by atoms with Crippen LogP contribution in [-0.4, -0.2) is 44.1 Å². The highest BCUT2D eigenvalue weighted by Gasteiger charge is 2.49. The molecule has 29 heavy (non-hydrogen) atoms. The van der Waals surface area contributed by atoms with Crippen LogP contribution in [0.3, 0.4) is 0 Å². The summed E-state index contributed by atoms with van der Waals surface area (Å²) < 4.78 is 5.43. The molecule has 1 aliphatic carbocycles. The van der Waals surface area contributed by atoms with Gasteiger partial charge in [-0.3, -0.25) is 9.69 Å². The highest BCUT2D eigenvalue weighted by molar-refractivity contribution is 5.89. The summed E-state index contributed by atoms with van der Waals surface area (Å²) in [6, 6.07) is 16.3. The molecule has 7 heteroatoms. The largest absolute Gasteiger partial charge is 0.496 e. The minimum atomic E-state index is -0.569. The Morgan fingerprint density at radius 1 is 1.10 bits per heavy atom. The number of methoxy groups -OCH3 is 1. The number of nitrogens with one attached hydrogen (secondary N) is 2. The lowest BCUT2D eigenvalue weighted by Crippen LogP contribution is -2.60. The van der Waals surface area contributed by atoms with E-state index in [9.17, 15) is 4.79 Å². The van der Waals surface area contributed by atoms with Crippen molar-refractivity contribution in [1.29, 1.82) is 0 Å². The number of carbonyl (C=O) groups excluding carboxylic acids is 1. The number of para-hydroxylation sites is 1. The molecular weight excluding hydrogens is 409 g/mol. The third kappa shape index (κ3) is 4.38. The second-order valence-corrected chi connectivity index (χ2v) is 7.25. The zero-order chi connectivity index (χ0) is 18.7. The van der Waals surface area contributed by atoms with Crippen LogP contribution in [0.5, 0.6) is 5.75 Å². The van der Waals surface area contributed by atoms with Gasteiger partial charge in [-0.15, -0.1) is 24.8 Å². The van der Waals surface area contributed by atoms with Gasteiger partial charge in [0.15, 0.2) is 0 Å². The van der Waals surface area contributed by atoms with E-state index in [1.54, 1.807) is 7.11 Å². The van der Waals surface area contributed by atoms with Crippen LogP contribution in [-0.2, 0) is 23.3 Å². The molecule has 2 aliphatic rings. The van der Waals surface area contributed by atoms with Crippen LogP contribution in [0.2, 0.25) is 0 Å². The molecule has 0 aromatic heterocycles. The van der Waals surface area contributed by atoms with Crippen LogP contribution < -0.4 is 15.4 Å². The van der Waals surface area contributed by atoms with Crippen molar-refractivity contribution in [3.63, 3.8) is 0 Å². The maximum Gasteiger partial charge on any atom is 0.245 e. The molecule has 1 heterocycles. The van der Waals surface area contributed by atoms with Gasteiger partial charge in [-0.2, -0.15) is 0 Å². The van der Waals surface area contributed by atoms with Crippen molar-refractivity contribution in [3.05, 3.63) is 65.2 Å². The molecule has 2 aromatic carbocycles. The summed E-state index contributed by atoms with van der Waals surface area (Å²) in [5.74, 6) is 0.904. The minimum absolute atomic E-state index is 0. The predicted molar refractivity (Wildman–Crippen MR) is 120 cm³/mol. The number of fused-ring (bicyclic) bond motifs is 1. The van der Waals surface area contributed by atoms with Crippen LogP contribution in [0.15, 0.2) is 48.5 Å². The fraction of sp³-hybridized carbons (Fsp3) is 0.409. The molecule has 4 rings (SSSR count). The van der Waals surface area contributed by atoms with Crippen molar-refractivity contribution in [2.75, 3.05) is 33.3 Å². The first-order chi connectivity index (χ1) is 13.3. The number of benzene rings is 2. The van der Waals surface area contributed by atoms with Crippen molar-refractivity contribution in [2.24, 2.45) is 0 Å². The van der Waals surface area contributed by atoms with Crippen molar-refractivity contribution in [2.45, 2.75) is 24.9 Å². The maximum atomic E-state index is 13.6. The van der Waals surface area contributed by atoms with E-state index in [1.165, 1.54) is 11.1 Å². The zero-order valence-corrected chi connectivity index (χ0v) is 18.3. The number of aryl methyl sites for hydroxylation is 1. The quantitative estimate of drug-likeness (QED) is 0.754. The maximum absolute atomic E-state index is 13.6. The van der Waals surface area contributed by atoms with E-state index in [0.29, 0.717) is 6.54 Å². The number of hydrogen-bond acceptors (Lipinski definition) is 4. The number of hydrogen-bond donors (Lipinski definition) is 2. The van der Waals surface area contributed by atoms with E-state index in [4.69, 9.17) is 4.74 Å². The van der Waals surface area contributed by atoms with E-state index < -0.39 is 5.54 Å². The van der Waals surface area contributed by atoms with Crippen molar-refractivity contribution < 1.29 is 9.53 Å². The molecule has 5 nitrogen and oxygen atoms in total. The molecule has 1 atom stereocenters. The Labute approximate surface area is 185 Å². The number of nitrogens with zero attached hydrogens (tertiary/aromatic N) is 1. The Bertz CT molecular complexity index is 827. The summed E-state index contributed by atoms with van der Waals surface area (Å²) in [7, 11) is 1.66. The molecule has 158 valence electrons. The number of carbonyl (C=O) groups is 1. The molecule has 1 unspecified atom stereocenters. The van der Waals surface area contributed by atoms with E-state index in [-0.39, 0.29) is 30.7 Å². The smallest absolute Gasteiger partial charge is 0.245 e. The Morgan fingerprint density at radius 3 is 2.55 bits per heavy atom. The van der Waals surface area contributed by atoms with Crippen molar-refractivity contribution in [1.82, 2.24) is 15.5 Å². The lowest BCUT2D eigenvalue weighted by atomic mass is 9.87. The van der Waals surface area contributed by atoms with Gasteiger partial charge in [-0.25, -0.2) is 0 Å². The summed E-state index contributed by atoms with van der Waals surface area (Å²) in [5.41, 5.74) is 2.89. The summed E-state index contributed by atoms with van der Waals surface area (Å²) in [6.45, 7) is 4.08. The lowest BCUT2D eigenvalue weighted by molar-refractivity contribution is -0.135. The van der Waals surface area contributed by atoms with Gasteiger partial charge >= 0.3 is 0 Å². The first kappa shape index (κ1) is 23.5. The Morgan fingerprint density at radius 2 is 1.79 bits per heavy atom. The van der Waals surface area contributed by atoms with E-state index in [0.717, 1.165) is 50.3 Å². The molecule has 0 saturated carbocycles. The van der Waals surface area contributed by atoms with Crippen LogP contribution in [0.4, 0.5) is 0 Å². The zero-order valence-electron chi connectivity index (χ0n) is 16.6. The SMILES string of the molecule is COc1ccccc1CNC(=O)C1(N2CCNCC2)CCc2ccccc21.Cl.Cl. The number of amides is 1. The predicted octanol–water partition coefficient (Wildman–Crippen LogP) is 2.90. The molecular formula is C22H29Cl2N3O2. The van der Waals surface area contributed by atoms with Crippen molar-refractivity contribution >= 4 is 30.7 Å². The van der Waals surface area contributed by atoms with E-state index in [2.05, 4.69) is 39.8 Å². The van der Waals surface area contributed by atoms with Crippen LogP contribution >= 0.6 is 24.8 Å².